The number of nitrogens with one attached hydrogen (secondary N) is 3. The van der Waals surface area contributed by atoms with E-state index in [0.717, 1.165) is 6.42 Å². The zero-order chi connectivity index (χ0) is 25.4. The predicted octanol–water partition coefficient (Wildman–Crippen LogP) is 0.417. The van der Waals surface area contributed by atoms with Gasteiger partial charge in [-0.1, -0.05) is 40.5 Å². The third-order valence-electron chi connectivity index (χ3n) is 6.77. The molecule has 1 aliphatic heterocycles. The van der Waals surface area contributed by atoms with Crippen LogP contribution in [0.2, 0.25) is 0 Å². The Morgan fingerprint density at radius 3 is 2.44 bits per heavy atom. The summed E-state index contributed by atoms with van der Waals surface area (Å²) in [4.78, 5) is 59.1. The molecule has 0 bridgehead atoms. The summed E-state index contributed by atoms with van der Waals surface area (Å²) in [6, 6.07) is -3.52. The lowest BCUT2D eigenvalue weighted by Crippen LogP contribution is -2.59. The molecule has 0 radical (unpaired) electrons. The Balaban J connectivity index is 2.14. The summed E-state index contributed by atoms with van der Waals surface area (Å²) >= 11 is 0. The molecule has 1 aromatic heterocycles. The van der Waals surface area contributed by atoms with Crippen molar-refractivity contribution in [3.8, 4) is 0 Å². The van der Waals surface area contributed by atoms with Crippen molar-refractivity contribution in [3.63, 3.8) is 0 Å². The Labute approximate surface area is 200 Å². The Kier molecular flexibility index (Phi) is 10.0. The molecule has 190 valence electrons. The molecule has 6 N–H and O–H groups in total. The summed E-state index contributed by atoms with van der Waals surface area (Å²) in [6.45, 7) is 7.97. The van der Waals surface area contributed by atoms with E-state index < -0.39 is 42.0 Å². The number of likely N-dealkylation sites (tertiary alicyclic amines) is 1. The lowest BCUT2D eigenvalue weighted by molar-refractivity contribution is -0.145. The SMILES string of the molecule is CCC(C)C(N)C(=O)NC(C(=O)N1CCCC1C(=O)NC(Cc1cnc[nH]1)C(=O)O)C(C)CC. The first-order valence-electron chi connectivity index (χ1n) is 12.0. The van der Waals surface area contributed by atoms with Crippen molar-refractivity contribution in [1.29, 1.82) is 0 Å². The highest BCUT2D eigenvalue weighted by Crippen LogP contribution is 2.22. The molecule has 0 spiro atoms. The highest BCUT2D eigenvalue weighted by Gasteiger charge is 2.40. The molecule has 2 rings (SSSR count). The van der Waals surface area contributed by atoms with Crippen LogP contribution in [0.3, 0.4) is 0 Å². The van der Waals surface area contributed by atoms with Crippen molar-refractivity contribution in [2.24, 2.45) is 17.6 Å². The Morgan fingerprint density at radius 1 is 1.21 bits per heavy atom. The maximum absolute atomic E-state index is 13.5. The molecular formula is C23H38N6O5. The van der Waals surface area contributed by atoms with Crippen LogP contribution >= 0.6 is 0 Å². The Morgan fingerprint density at radius 2 is 1.88 bits per heavy atom. The third kappa shape index (κ3) is 6.78. The zero-order valence-corrected chi connectivity index (χ0v) is 20.4. The predicted molar refractivity (Wildman–Crippen MR) is 125 cm³/mol. The smallest absolute Gasteiger partial charge is 0.326 e. The van der Waals surface area contributed by atoms with Gasteiger partial charge >= 0.3 is 5.97 Å². The molecule has 1 aliphatic rings. The van der Waals surface area contributed by atoms with Crippen LogP contribution in [0.25, 0.3) is 0 Å². The third-order valence-corrected chi connectivity index (χ3v) is 6.77. The van der Waals surface area contributed by atoms with E-state index in [1.165, 1.54) is 17.4 Å². The standard InChI is InChI=1S/C23H38N6O5/c1-5-13(3)18(24)21(31)28-19(14(4)6-2)22(32)29-9-7-8-17(29)20(30)27-16(23(33)34)10-15-11-25-12-26-15/h11-14,16-19H,5-10,24H2,1-4H3,(H,25,26)(H,27,30)(H,28,31)(H,33,34). The van der Waals surface area contributed by atoms with Crippen LogP contribution in [0.1, 0.15) is 59.1 Å². The van der Waals surface area contributed by atoms with Crippen LogP contribution in [-0.4, -0.2) is 74.4 Å². The molecule has 2 heterocycles. The van der Waals surface area contributed by atoms with Crippen molar-refractivity contribution in [2.75, 3.05) is 6.54 Å². The van der Waals surface area contributed by atoms with Crippen molar-refractivity contribution in [1.82, 2.24) is 25.5 Å². The number of amides is 3. The van der Waals surface area contributed by atoms with Gasteiger partial charge in [-0.3, -0.25) is 14.4 Å². The molecule has 6 atom stereocenters. The molecule has 1 aromatic rings. The number of carboxylic acid groups (broad SMARTS) is 1. The first-order chi connectivity index (χ1) is 16.1. The quantitative estimate of drug-likeness (QED) is 0.290. The van der Waals surface area contributed by atoms with Crippen molar-refractivity contribution in [2.45, 2.75) is 84.0 Å². The van der Waals surface area contributed by atoms with Gasteiger partial charge in [-0.15, -0.1) is 0 Å². The number of hydrogen-bond acceptors (Lipinski definition) is 6. The number of carbonyl (C=O) groups is 4. The highest BCUT2D eigenvalue weighted by atomic mass is 16.4. The van der Waals surface area contributed by atoms with Crippen LogP contribution in [0.15, 0.2) is 12.5 Å². The molecule has 0 saturated carbocycles. The van der Waals surface area contributed by atoms with E-state index in [2.05, 4.69) is 20.6 Å². The van der Waals surface area contributed by atoms with Crippen LogP contribution in [-0.2, 0) is 25.6 Å². The number of carbonyl (C=O) groups excluding carboxylic acids is 3. The van der Waals surface area contributed by atoms with Crippen LogP contribution < -0.4 is 16.4 Å². The topological polar surface area (TPSA) is 171 Å². The lowest BCUT2D eigenvalue weighted by atomic mass is 9.95. The molecule has 1 fully saturated rings. The molecule has 34 heavy (non-hydrogen) atoms. The number of aromatic nitrogens is 2. The number of hydrogen-bond donors (Lipinski definition) is 5. The molecular weight excluding hydrogens is 440 g/mol. The van der Waals surface area contributed by atoms with Gasteiger partial charge in [0.05, 0.1) is 12.4 Å². The average Bonchev–Trinajstić information content (AvgIpc) is 3.52. The molecule has 0 aliphatic carbocycles. The normalized spacial score (nSPS) is 20.1. The van der Waals surface area contributed by atoms with Crippen molar-refractivity contribution in [3.05, 3.63) is 18.2 Å². The fraction of sp³-hybridized carbons (Fsp3) is 0.696. The number of nitrogens with two attached hydrogens (primary N) is 1. The van der Waals surface area contributed by atoms with Gasteiger partial charge in [-0.05, 0) is 24.7 Å². The van der Waals surface area contributed by atoms with Gasteiger partial charge in [-0.2, -0.15) is 0 Å². The number of imidazole rings is 1. The van der Waals surface area contributed by atoms with Gasteiger partial charge in [0, 0.05) is 24.9 Å². The molecule has 6 unspecified atom stereocenters. The number of rotatable bonds is 12. The number of aromatic amines is 1. The summed E-state index contributed by atoms with van der Waals surface area (Å²) in [5.74, 6) is -2.65. The van der Waals surface area contributed by atoms with Crippen molar-refractivity contribution >= 4 is 23.7 Å². The minimum absolute atomic E-state index is 0.0409. The molecule has 11 heteroatoms. The van der Waals surface area contributed by atoms with Gasteiger partial charge in [0.15, 0.2) is 0 Å². The minimum atomic E-state index is -1.18. The van der Waals surface area contributed by atoms with Gasteiger partial charge in [-0.25, -0.2) is 9.78 Å². The number of aliphatic carboxylic acids is 1. The van der Waals surface area contributed by atoms with E-state index in [4.69, 9.17) is 5.73 Å². The average molecular weight is 479 g/mol. The van der Waals surface area contributed by atoms with Crippen molar-refractivity contribution < 1.29 is 24.3 Å². The second kappa shape index (κ2) is 12.5. The van der Waals surface area contributed by atoms with Crippen LogP contribution in [0, 0.1) is 11.8 Å². The zero-order valence-electron chi connectivity index (χ0n) is 20.4. The van der Waals surface area contributed by atoms with Gasteiger partial charge in [0.1, 0.15) is 18.1 Å². The first kappa shape index (κ1) is 27.3. The summed E-state index contributed by atoms with van der Waals surface area (Å²) < 4.78 is 0. The second-order valence-corrected chi connectivity index (χ2v) is 9.15. The van der Waals surface area contributed by atoms with Gasteiger partial charge in [0.25, 0.3) is 0 Å². The van der Waals surface area contributed by atoms with Crippen LogP contribution in [0.5, 0.6) is 0 Å². The number of nitrogens with zero attached hydrogens (tertiary/aromatic N) is 2. The number of carboxylic acids is 1. The Bertz CT molecular complexity index is 845. The van der Waals surface area contributed by atoms with E-state index in [-0.39, 0.29) is 24.2 Å². The van der Waals surface area contributed by atoms with E-state index >= 15 is 0 Å². The summed E-state index contributed by atoms with van der Waals surface area (Å²) in [5.41, 5.74) is 6.64. The minimum Gasteiger partial charge on any atom is -0.480 e. The van der Waals surface area contributed by atoms with Gasteiger partial charge in [0.2, 0.25) is 17.7 Å². The number of H-pyrrole nitrogens is 1. The highest BCUT2D eigenvalue weighted by molar-refractivity contribution is 5.94. The summed E-state index contributed by atoms with van der Waals surface area (Å²) in [6.07, 6.45) is 5.37. The molecule has 11 nitrogen and oxygen atoms in total. The van der Waals surface area contributed by atoms with E-state index in [0.29, 0.717) is 31.5 Å². The first-order valence-corrected chi connectivity index (χ1v) is 12.0. The lowest BCUT2D eigenvalue weighted by Gasteiger charge is -2.32. The van der Waals surface area contributed by atoms with E-state index in [1.807, 2.05) is 27.7 Å². The van der Waals surface area contributed by atoms with E-state index in [1.54, 1.807) is 0 Å². The fourth-order valence-corrected chi connectivity index (χ4v) is 4.01. The largest absolute Gasteiger partial charge is 0.480 e. The maximum Gasteiger partial charge on any atom is 0.326 e. The molecule has 3 amide bonds. The Hall–Kier alpha value is -2.95. The van der Waals surface area contributed by atoms with Crippen LogP contribution in [0.4, 0.5) is 0 Å². The molecule has 1 saturated heterocycles. The summed E-state index contributed by atoms with van der Waals surface area (Å²) in [5, 5.41) is 14.9. The fourth-order valence-electron chi connectivity index (χ4n) is 4.01. The molecule has 0 aromatic carbocycles. The second-order valence-electron chi connectivity index (χ2n) is 9.15. The van der Waals surface area contributed by atoms with Gasteiger partial charge < -0.3 is 31.4 Å². The summed E-state index contributed by atoms with van der Waals surface area (Å²) in [7, 11) is 0. The maximum atomic E-state index is 13.5. The van der Waals surface area contributed by atoms with E-state index in [9.17, 15) is 24.3 Å². The monoisotopic (exact) mass is 478 g/mol.